The molecule has 0 radical (unpaired) electrons. The van der Waals surface area contributed by atoms with Gasteiger partial charge in [-0.2, -0.15) is 5.10 Å². The van der Waals surface area contributed by atoms with Crippen molar-refractivity contribution in [1.29, 1.82) is 0 Å². The van der Waals surface area contributed by atoms with Gasteiger partial charge in [0, 0.05) is 12.0 Å². The number of esters is 1. The molecule has 0 aliphatic heterocycles. The summed E-state index contributed by atoms with van der Waals surface area (Å²) in [4.78, 5) is 25.0. The van der Waals surface area contributed by atoms with Crippen molar-refractivity contribution in [1.82, 2.24) is 10.2 Å². The van der Waals surface area contributed by atoms with Crippen LogP contribution in [0, 0.1) is 11.3 Å². The van der Waals surface area contributed by atoms with Gasteiger partial charge < -0.3 is 10.1 Å². The lowest BCUT2D eigenvalue weighted by atomic mass is 9.79. The van der Waals surface area contributed by atoms with Crippen LogP contribution in [0.5, 0.6) is 0 Å². The summed E-state index contributed by atoms with van der Waals surface area (Å²) in [7, 11) is 0. The van der Waals surface area contributed by atoms with Crippen LogP contribution >= 0.6 is 0 Å². The highest BCUT2D eigenvalue weighted by Crippen LogP contribution is 2.32. The standard InChI is InChI=1S/C23H41N3O3/c1-5-7-8-9-10-11-12-13-14-17-29-22(28)23(4,6-2)18-19(3)21(27)25-20-15-16-24-26-20/h15-16,19H,5-14,17-18H2,1-4H3,(H2,24,25,26,27). The molecule has 1 amide bonds. The Morgan fingerprint density at radius 1 is 1.10 bits per heavy atom. The van der Waals surface area contributed by atoms with Crippen molar-refractivity contribution in [2.45, 2.75) is 98.3 Å². The number of hydrogen-bond acceptors (Lipinski definition) is 4. The van der Waals surface area contributed by atoms with Crippen molar-refractivity contribution in [2.24, 2.45) is 11.3 Å². The molecule has 166 valence electrons. The third-order valence-corrected chi connectivity index (χ3v) is 5.72. The number of aromatic nitrogens is 2. The largest absolute Gasteiger partial charge is 0.465 e. The molecule has 0 bridgehead atoms. The molecule has 1 aromatic rings. The maximum atomic E-state index is 12.6. The van der Waals surface area contributed by atoms with E-state index in [9.17, 15) is 9.59 Å². The van der Waals surface area contributed by atoms with Crippen LogP contribution < -0.4 is 5.32 Å². The Hall–Kier alpha value is -1.85. The van der Waals surface area contributed by atoms with E-state index in [0.717, 1.165) is 12.8 Å². The summed E-state index contributed by atoms with van der Waals surface area (Å²) < 4.78 is 5.56. The van der Waals surface area contributed by atoms with Crippen molar-refractivity contribution < 1.29 is 14.3 Å². The van der Waals surface area contributed by atoms with E-state index in [1.807, 2.05) is 20.8 Å². The molecule has 1 rings (SSSR count). The zero-order chi connectivity index (χ0) is 21.5. The predicted molar refractivity (Wildman–Crippen MR) is 118 cm³/mol. The lowest BCUT2D eigenvalue weighted by Gasteiger charge is -2.28. The molecular formula is C23H41N3O3. The number of rotatable bonds is 16. The summed E-state index contributed by atoms with van der Waals surface area (Å²) in [5.74, 6) is -0.0575. The van der Waals surface area contributed by atoms with Gasteiger partial charge in [0.1, 0.15) is 5.82 Å². The molecule has 1 aromatic heterocycles. The molecule has 0 aliphatic rings. The molecule has 2 atom stereocenters. The zero-order valence-electron chi connectivity index (χ0n) is 18.9. The molecule has 0 spiro atoms. The predicted octanol–water partition coefficient (Wildman–Crippen LogP) is 5.86. The van der Waals surface area contributed by atoms with E-state index in [0.29, 0.717) is 25.3 Å². The molecule has 6 heteroatoms. The summed E-state index contributed by atoms with van der Waals surface area (Å²) >= 11 is 0. The fourth-order valence-corrected chi connectivity index (χ4v) is 3.47. The lowest BCUT2D eigenvalue weighted by molar-refractivity contribution is -0.156. The average molecular weight is 408 g/mol. The summed E-state index contributed by atoms with van der Waals surface area (Å²) in [6, 6.07) is 1.70. The van der Waals surface area contributed by atoms with E-state index < -0.39 is 5.41 Å². The number of carbonyl (C=O) groups is 2. The zero-order valence-corrected chi connectivity index (χ0v) is 18.9. The van der Waals surface area contributed by atoms with Gasteiger partial charge in [-0.1, -0.05) is 72.1 Å². The Morgan fingerprint density at radius 2 is 1.72 bits per heavy atom. The van der Waals surface area contributed by atoms with Gasteiger partial charge in [0.05, 0.1) is 18.2 Å². The highest BCUT2D eigenvalue weighted by Gasteiger charge is 2.36. The van der Waals surface area contributed by atoms with Crippen LogP contribution in [0.1, 0.15) is 98.3 Å². The Balaban J connectivity index is 2.26. The van der Waals surface area contributed by atoms with Crippen molar-refractivity contribution in [2.75, 3.05) is 11.9 Å². The van der Waals surface area contributed by atoms with Gasteiger partial charge in [0.15, 0.2) is 0 Å². The number of nitrogens with zero attached hydrogens (tertiary/aromatic N) is 1. The van der Waals surface area contributed by atoms with Gasteiger partial charge in [-0.15, -0.1) is 0 Å². The highest BCUT2D eigenvalue weighted by molar-refractivity contribution is 5.91. The van der Waals surface area contributed by atoms with Gasteiger partial charge in [-0.05, 0) is 26.2 Å². The summed E-state index contributed by atoms with van der Waals surface area (Å²) in [6.45, 7) is 8.42. The number of H-pyrrole nitrogens is 1. The molecule has 0 aromatic carbocycles. The molecule has 0 saturated carbocycles. The lowest BCUT2D eigenvalue weighted by Crippen LogP contribution is -2.34. The van der Waals surface area contributed by atoms with E-state index in [4.69, 9.17) is 4.74 Å². The maximum Gasteiger partial charge on any atom is 0.311 e. The van der Waals surface area contributed by atoms with Gasteiger partial charge in [0.2, 0.25) is 5.91 Å². The number of ether oxygens (including phenoxy) is 1. The fraction of sp³-hybridized carbons (Fsp3) is 0.783. The minimum atomic E-state index is -0.649. The van der Waals surface area contributed by atoms with E-state index >= 15 is 0 Å². The Bertz CT molecular complexity index is 574. The number of amides is 1. The molecule has 2 N–H and O–H groups in total. The van der Waals surface area contributed by atoms with E-state index in [1.165, 1.54) is 44.9 Å². The number of anilines is 1. The molecule has 0 fully saturated rings. The average Bonchev–Trinajstić information content (AvgIpc) is 3.22. The Morgan fingerprint density at radius 3 is 2.28 bits per heavy atom. The van der Waals surface area contributed by atoms with Gasteiger partial charge in [-0.3, -0.25) is 14.7 Å². The first-order valence-corrected chi connectivity index (χ1v) is 11.4. The normalized spacial score (nSPS) is 14.2. The summed E-state index contributed by atoms with van der Waals surface area (Å²) in [5.41, 5.74) is -0.649. The second kappa shape index (κ2) is 14.2. The molecule has 6 nitrogen and oxygen atoms in total. The summed E-state index contributed by atoms with van der Waals surface area (Å²) in [5, 5.41) is 9.31. The Labute approximate surface area is 176 Å². The second-order valence-corrected chi connectivity index (χ2v) is 8.44. The number of aromatic amines is 1. The van der Waals surface area contributed by atoms with Gasteiger partial charge in [0.25, 0.3) is 0 Å². The highest BCUT2D eigenvalue weighted by atomic mass is 16.5. The van der Waals surface area contributed by atoms with Crippen LogP contribution in [0.25, 0.3) is 0 Å². The van der Waals surface area contributed by atoms with Crippen molar-refractivity contribution in [3.8, 4) is 0 Å². The van der Waals surface area contributed by atoms with Crippen LogP contribution in [0.15, 0.2) is 12.3 Å². The monoisotopic (exact) mass is 407 g/mol. The van der Waals surface area contributed by atoms with Crippen molar-refractivity contribution in [3.05, 3.63) is 12.3 Å². The van der Waals surface area contributed by atoms with Crippen molar-refractivity contribution in [3.63, 3.8) is 0 Å². The van der Waals surface area contributed by atoms with Crippen LogP contribution in [-0.2, 0) is 14.3 Å². The quantitative estimate of drug-likeness (QED) is 0.265. The van der Waals surface area contributed by atoms with E-state index in [-0.39, 0.29) is 17.8 Å². The first kappa shape index (κ1) is 25.2. The number of nitrogens with one attached hydrogen (secondary N) is 2. The van der Waals surface area contributed by atoms with Crippen LogP contribution in [0.2, 0.25) is 0 Å². The first-order chi connectivity index (χ1) is 13.9. The minimum absolute atomic E-state index is 0.124. The minimum Gasteiger partial charge on any atom is -0.465 e. The smallest absolute Gasteiger partial charge is 0.311 e. The fourth-order valence-electron chi connectivity index (χ4n) is 3.47. The molecule has 0 aliphatic carbocycles. The molecule has 0 saturated heterocycles. The van der Waals surface area contributed by atoms with Crippen LogP contribution in [0.3, 0.4) is 0 Å². The SMILES string of the molecule is CCCCCCCCCCCOC(=O)C(C)(CC)CC(C)C(=O)Nc1ccn[nH]1. The first-order valence-electron chi connectivity index (χ1n) is 11.4. The number of hydrogen-bond donors (Lipinski definition) is 2. The topological polar surface area (TPSA) is 84.1 Å². The molecule has 29 heavy (non-hydrogen) atoms. The maximum absolute atomic E-state index is 12.6. The molecular weight excluding hydrogens is 366 g/mol. The number of carbonyl (C=O) groups excluding carboxylic acids is 2. The van der Waals surface area contributed by atoms with E-state index in [1.54, 1.807) is 12.3 Å². The second-order valence-electron chi connectivity index (χ2n) is 8.44. The Kier molecular flexibility index (Phi) is 12.3. The third-order valence-electron chi connectivity index (χ3n) is 5.72. The number of unbranched alkanes of at least 4 members (excludes halogenated alkanes) is 8. The molecule has 1 heterocycles. The third kappa shape index (κ3) is 9.95. The summed E-state index contributed by atoms with van der Waals surface area (Å²) in [6.07, 6.45) is 13.8. The van der Waals surface area contributed by atoms with Crippen LogP contribution in [0.4, 0.5) is 5.82 Å². The van der Waals surface area contributed by atoms with Gasteiger partial charge >= 0.3 is 5.97 Å². The molecule has 2 unspecified atom stereocenters. The van der Waals surface area contributed by atoms with Crippen LogP contribution in [-0.4, -0.2) is 28.7 Å². The van der Waals surface area contributed by atoms with Gasteiger partial charge in [-0.25, -0.2) is 0 Å². The van der Waals surface area contributed by atoms with Crippen molar-refractivity contribution >= 4 is 17.7 Å². The van der Waals surface area contributed by atoms with E-state index in [2.05, 4.69) is 22.4 Å².